The maximum atomic E-state index is 3.55. The predicted octanol–water partition coefficient (Wildman–Crippen LogP) is 3.56. The van der Waals surface area contributed by atoms with E-state index in [0.717, 1.165) is 11.8 Å². The van der Waals surface area contributed by atoms with Gasteiger partial charge in [0.15, 0.2) is 0 Å². The van der Waals surface area contributed by atoms with Gasteiger partial charge in [-0.15, -0.1) is 11.8 Å². The Hall–Kier alpha value is -0.990. The molecule has 1 aliphatic heterocycles. The Kier molecular flexibility index (Phi) is 2.62. The summed E-state index contributed by atoms with van der Waals surface area (Å²) in [7, 11) is 0. The Bertz CT molecular complexity index is 509. The number of fused-ring (bicyclic) bond motifs is 1. The molecule has 3 rings (SSSR count). The van der Waals surface area contributed by atoms with Gasteiger partial charge in [0.2, 0.25) is 0 Å². The van der Waals surface area contributed by atoms with E-state index in [1.807, 2.05) is 11.8 Å². The summed E-state index contributed by atoms with van der Waals surface area (Å²) in [5, 5.41) is 7.40. The van der Waals surface area contributed by atoms with Crippen LogP contribution in [0.3, 0.4) is 0 Å². The summed E-state index contributed by atoms with van der Waals surface area (Å²) in [5.74, 6) is 0. The number of thioether (sulfide) groups is 1. The number of hydrogen-bond acceptors (Lipinski definition) is 2. The van der Waals surface area contributed by atoms with Gasteiger partial charge in [0.25, 0.3) is 0 Å². The maximum absolute atomic E-state index is 3.55. The van der Waals surface area contributed by atoms with Crippen LogP contribution in [0.5, 0.6) is 0 Å². The fraction of sp³-hybridized carbons (Fsp3) is 0.286. The van der Waals surface area contributed by atoms with Crippen LogP contribution in [0.4, 0.5) is 0 Å². The van der Waals surface area contributed by atoms with Crippen molar-refractivity contribution in [1.82, 2.24) is 5.32 Å². The Balaban J connectivity index is 1.99. The molecule has 82 valence electrons. The van der Waals surface area contributed by atoms with Crippen LogP contribution in [0.1, 0.15) is 17.9 Å². The van der Waals surface area contributed by atoms with Crippen LogP contribution in [0.15, 0.2) is 42.5 Å². The summed E-state index contributed by atoms with van der Waals surface area (Å²) in [4.78, 5) is 0. The first-order chi connectivity index (χ1) is 7.83. The highest BCUT2D eigenvalue weighted by Gasteiger charge is 2.22. The van der Waals surface area contributed by atoms with E-state index in [2.05, 4.69) is 54.7 Å². The standard InChI is InChI=1S/C14H15NS/c1-10-9-15-14(16-10)13-7-6-11-4-2-3-5-12(11)8-13/h2-8,10,14-15H,9H2,1H3. The van der Waals surface area contributed by atoms with Crippen LogP contribution in [-0.2, 0) is 0 Å². The van der Waals surface area contributed by atoms with Crippen LogP contribution in [0.25, 0.3) is 10.8 Å². The van der Waals surface area contributed by atoms with Crippen molar-refractivity contribution in [3.63, 3.8) is 0 Å². The molecule has 2 atom stereocenters. The molecule has 0 bridgehead atoms. The number of benzene rings is 2. The van der Waals surface area contributed by atoms with Crippen molar-refractivity contribution in [3.05, 3.63) is 48.0 Å². The molecular formula is C14H15NS. The molecular weight excluding hydrogens is 214 g/mol. The second kappa shape index (κ2) is 4.11. The monoisotopic (exact) mass is 229 g/mol. The molecule has 1 nitrogen and oxygen atoms in total. The third-order valence-corrected chi connectivity index (χ3v) is 4.38. The Labute approximate surface area is 100 Å². The summed E-state index contributed by atoms with van der Waals surface area (Å²) in [6.45, 7) is 3.39. The van der Waals surface area contributed by atoms with Gasteiger partial charge in [-0.2, -0.15) is 0 Å². The second-order valence-electron chi connectivity index (χ2n) is 4.34. The van der Waals surface area contributed by atoms with Gasteiger partial charge < -0.3 is 5.32 Å². The first-order valence-corrected chi connectivity index (χ1v) is 6.65. The average Bonchev–Trinajstić information content (AvgIpc) is 2.75. The van der Waals surface area contributed by atoms with E-state index in [0.29, 0.717) is 5.37 Å². The lowest BCUT2D eigenvalue weighted by Gasteiger charge is -2.11. The lowest BCUT2D eigenvalue weighted by molar-refractivity contribution is 0.718. The van der Waals surface area contributed by atoms with Crippen LogP contribution < -0.4 is 5.32 Å². The summed E-state index contributed by atoms with van der Waals surface area (Å²) in [6, 6.07) is 15.3. The van der Waals surface area contributed by atoms with Crippen molar-refractivity contribution in [2.24, 2.45) is 0 Å². The van der Waals surface area contributed by atoms with Crippen LogP contribution in [0, 0.1) is 0 Å². The van der Waals surface area contributed by atoms with E-state index in [4.69, 9.17) is 0 Å². The van der Waals surface area contributed by atoms with Gasteiger partial charge >= 0.3 is 0 Å². The zero-order valence-electron chi connectivity index (χ0n) is 9.31. The minimum absolute atomic E-state index is 0.472. The Morgan fingerprint density at radius 2 is 1.94 bits per heavy atom. The minimum Gasteiger partial charge on any atom is -0.301 e. The smallest absolute Gasteiger partial charge is 0.0793 e. The quantitative estimate of drug-likeness (QED) is 0.802. The molecule has 0 saturated carbocycles. The third kappa shape index (κ3) is 1.83. The molecule has 2 heteroatoms. The zero-order valence-corrected chi connectivity index (χ0v) is 10.1. The van der Waals surface area contributed by atoms with E-state index >= 15 is 0 Å². The molecule has 0 spiro atoms. The number of rotatable bonds is 1. The van der Waals surface area contributed by atoms with Gasteiger partial charge in [0.05, 0.1) is 5.37 Å². The van der Waals surface area contributed by atoms with Crippen LogP contribution in [0.2, 0.25) is 0 Å². The van der Waals surface area contributed by atoms with Crippen molar-refractivity contribution >= 4 is 22.5 Å². The molecule has 0 radical (unpaired) electrons. The van der Waals surface area contributed by atoms with Gasteiger partial charge in [0, 0.05) is 11.8 Å². The topological polar surface area (TPSA) is 12.0 Å². The van der Waals surface area contributed by atoms with Crippen molar-refractivity contribution < 1.29 is 0 Å². The summed E-state index contributed by atoms with van der Waals surface area (Å²) in [6.07, 6.45) is 0. The minimum atomic E-state index is 0.472. The lowest BCUT2D eigenvalue weighted by Crippen LogP contribution is -2.13. The highest BCUT2D eigenvalue weighted by Crippen LogP contribution is 2.35. The highest BCUT2D eigenvalue weighted by molar-refractivity contribution is 8.00. The first kappa shape index (κ1) is 10.2. The van der Waals surface area contributed by atoms with Gasteiger partial charge in [-0.3, -0.25) is 0 Å². The van der Waals surface area contributed by atoms with Crippen molar-refractivity contribution in [2.75, 3.05) is 6.54 Å². The van der Waals surface area contributed by atoms with E-state index in [1.165, 1.54) is 16.3 Å². The Morgan fingerprint density at radius 1 is 1.12 bits per heavy atom. The summed E-state index contributed by atoms with van der Waals surface area (Å²) < 4.78 is 0. The predicted molar refractivity (Wildman–Crippen MR) is 71.7 cm³/mol. The molecule has 1 heterocycles. The van der Waals surface area contributed by atoms with Crippen LogP contribution >= 0.6 is 11.8 Å². The van der Waals surface area contributed by atoms with Crippen molar-refractivity contribution in [1.29, 1.82) is 0 Å². The summed E-state index contributed by atoms with van der Waals surface area (Å²) >= 11 is 2.02. The molecule has 2 aromatic rings. The van der Waals surface area contributed by atoms with Crippen molar-refractivity contribution in [3.8, 4) is 0 Å². The third-order valence-electron chi connectivity index (χ3n) is 3.04. The summed E-state index contributed by atoms with van der Waals surface area (Å²) in [5.41, 5.74) is 1.40. The van der Waals surface area contributed by atoms with Gasteiger partial charge in [0.1, 0.15) is 0 Å². The number of nitrogens with one attached hydrogen (secondary N) is 1. The lowest BCUT2D eigenvalue weighted by atomic mass is 10.1. The molecule has 1 fully saturated rings. The molecule has 2 aromatic carbocycles. The first-order valence-electron chi connectivity index (χ1n) is 5.70. The van der Waals surface area contributed by atoms with E-state index in [-0.39, 0.29) is 0 Å². The molecule has 0 aliphatic carbocycles. The van der Waals surface area contributed by atoms with Gasteiger partial charge in [-0.1, -0.05) is 43.3 Å². The normalized spacial score (nSPS) is 25.1. The van der Waals surface area contributed by atoms with Gasteiger partial charge in [-0.25, -0.2) is 0 Å². The maximum Gasteiger partial charge on any atom is 0.0793 e. The Morgan fingerprint density at radius 3 is 2.69 bits per heavy atom. The molecule has 1 saturated heterocycles. The van der Waals surface area contributed by atoms with E-state index < -0.39 is 0 Å². The van der Waals surface area contributed by atoms with E-state index in [9.17, 15) is 0 Å². The largest absolute Gasteiger partial charge is 0.301 e. The molecule has 0 amide bonds. The second-order valence-corrected chi connectivity index (χ2v) is 5.89. The molecule has 16 heavy (non-hydrogen) atoms. The highest BCUT2D eigenvalue weighted by atomic mass is 32.2. The molecule has 1 aliphatic rings. The van der Waals surface area contributed by atoms with Crippen molar-refractivity contribution in [2.45, 2.75) is 17.5 Å². The SMILES string of the molecule is CC1CNC(c2ccc3ccccc3c2)S1. The molecule has 0 aromatic heterocycles. The fourth-order valence-corrected chi connectivity index (χ4v) is 3.32. The van der Waals surface area contributed by atoms with Gasteiger partial charge in [-0.05, 0) is 22.4 Å². The zero-order chi connectivity index (χ0) is 11.0. The molecule has 2 unspecified atom stereocenters. The number of hydrogen-bond donors (Lipinski definition) is 1. The average molecular weight is 229 g/mol. The molecule has 1 N–H and O–H groups in total. The van der Waals surface area contributed by atoms with Crippen LogP contribution in [-0.4, -0.2) is 11.8 Å². The fourth-order valence-electron chi connectivity index (χ4n) is 2.17. The van der Waals surface area contributed by atoms with E-state index in [1.54, 1.807) is 0 Å².